The van der Waals surface area contributed by atoms with Crippen LogP contribution < -0.4 is 9.62 Å². The van der Waals surface area contributed by atoms with Gasteiger partial charge in [-0.1, -0.05) is 41.7 Å². The third-order valence-corrected chi connectivity index (χ3v) is 5.77. The molecule has 0 saturated heterocycles. The van der Waals surface area contributed by atoms with Gasteiger partial charge in [-0.25, -0.2) is 8.42 Å². The minimum Gasteiger partial charge on any atom is -0.324 e. The van der Waals surface area contributed by atoms with Gasteiger partial charge in [-0.15, -0.1) is 0 Å². The molecular formula is C17H17Cl3N2O3S. The van der Waals surface area contributed by atoms with Gasteiger partial charge in [0.1, 0.15) is 6.04 Å². The van der Waals surface area contributed by atoms with Crippen LogP contribution in [0.3, 0.4) is 0 Å². The molecule has 2 rings (SSSR count). The molecule has 0 aliphatic rings. The second-order valence-corrected chi connectivity index (χ2v) is 8.69. The summed E-state index contributed by atoms with van der Waals surface area (Å²) in [6.07, 6.45) is 1.29. The number of hydrogen-bond acceptors (Lipinski definition) is 3. The molecule has 1 N–H and O–H groups in total. The zero-order chi connectivity index (χ0) is 19.5. The van der Waals surface area contributed by atoms with E-state index in [0.29, 0.717) is 15.7 Å². The quantitative estimate of drug-likeness (QED) is 0.706. The summed E-state index contributed by atoms with van der Waals surface area (Å²) >= 11 is 17.8. The topological polar surface area (TPSA) is 66.5 Å². The summed E-state index contributed by atoms with van der Waals surface area (Å²) in [6, 6.07) is 9.99. The molecule has 0 aliphatic carbocycles. The first-order valence-electron chi connectivity index (χ1n) is 7.64. The van der Waals surface area contributed by atoms with Gasteiger partial charge in [-0.3, -0.25) is 9.10 Å². The van der Waals surface area contributed by atoms with Gasteiger partial charge in [0, 0.05) is 10.7 Å². The highest BCUT2D eigenvalue weighted by atomic mass is 35.5. The fourth-order valence-electron chi connectivity index (χ4n) is 2.44. The Labute approximate surface area is 167 Å². The maximum Gasteiger partial charge on any atom is 0.248 e. The van der Waals surface area contributed by atoms with Crippen molar-refractivity contribution in [2.75, 3.05) is 15.9 Å². The second-order valence-electron chi connectivity index (χ2n) is 5.58. The van der Waals surface area contributed by atoms with Gasteiger partial charge in [0.2, 0.25) is 15.9 Å². The number of sulfonamides is 1. The number of nitrogens with one attached hydrogen (secondary N) is 1. The minimum absolute atomic E-state index is 0.200. The van der Waals surface area contributed by atoms with E-state index in [-0.39, 0.29) is 17.1 Å². The van der Waals surface area contributed by atoms with Crippen LogP contribution in [0.4, 0.5) is 11.4 Å². The van der Waals surface area contributed by atoms with Crippen LogP contribution in [0.2, 0.25) is 15.1 Å². The van der Waals surface area contributed by atoms with Crippen molar-refractivity contribution in [3.63, 3.8) is 0 Å². The lowest BCUT2D eigenvalue weighted by molar-refractivity contribution is -0.117. The maximum absolute atomic E-state index is 12.7. The number of nitrogens with zero attached hydrogens (tertiary/aromatic N) is 1. The molecule has 1 amide bonds. The molecule has 26 heavy (non-hydrogen) atoms. The Balaban J connectivity index is 2.39. The number of hydrogen-bond donors (Lipinski definition) is 1. The maximum atomic E-state index is 12.7. The summed E-state index contributed by atoms with van der Waals surface area (Å²) in [7, 11) is -3.75. The molecule has 2 aromatic carbocycles. The van der Waals surface area contributed by atoms with Crippen LogP contribution in [0, 0.1) is 0 Å². The molecule has 0 radical (unpaired) electrons. The van der Waals surface area contributed by atoms with Gasteiger partial charge in [0.25, 0.3) is 0 Å². The molecule has 0 heterocycles. The summed E-state index contributed by atoms with van der Waals surface area (Å²) < 4.78 is 25.8. The van der Waals surface area contributed by atoms with Crippen molar-refractivity contribution in [2.45, 2.75) is 19.4 Å². The monoisotopic (exact) mass is 434 g/mol. The Morgan fingerprint density at radius 3 is 2.19 bits per heavy atom. The third kappa shape index (κ3) is 5.04. The fraction of sp³-hybridized carbons (Fsp3) is 0.235. The molecular weight excluding hydrogens is 419 g/mol. The molecule has 0 aromatic heterocycles. The lowest BCUT2D eigenvalue weighted by Crippen LogP contribution is -2.47. The summed E-state index contributed by atoms with van der Waals surface area (Å²) in [5.41, 5.74) is 0.778. The van der Waals surface area contributed by atoms with Gasteiger partial charge in [0.05, 0.1) is 22.0 Å². The third-order valence-electron chi connectivity index (χ3n) is 3.60. The Hall–Kier alpha value is -1.47. The Morgan fingerprint density at radius 1 is 1.08 bits per heavy atom. The first kappa shape index (κ1) is 20.8. The molecule has 0 fully saturated rings. The van der Waals surface area contributed by atoms with Crippen molar-refractivity contribution in [3.05, 3.63) is 57.5 Å². The smallest absolute Gasteiger partial charge is 0.248 e. The SMILES string of the molecule is CC[C@H](C(=O)Nc1ccc(Cl)cc1)N(c1ccc(Cl)c(Cl)c1)S(C)(=O)=O. The zero-order valence-corrected chi connectivity index (χ0v) is 17.1. The van der Waals surface area contributed by atoms with Crippen molar-refractivity contribution in [2.24, 2.45) is 0 Å². The minimum atomic E-state index is -3.75. The highest BCUT2D eigenvalue weighted by molar-refractivity contribution is 7.92. The van der Waals surface area contributed by atoms with E-state index < -0.39 is 22.0 Å². The largest absolute Gasteiger partial charge is 0.324 e. The number of benzene rings is 2. The second kappa shape index (κ2) is 8.48. The summed E-state index contributed by atoms with van der Waals surface area (Å²) in [5.74, 6) is -0.466. The number of rotatable bonds is 6. The van der Waals surface area contributed by atoms with Gasteiger partial charge >= 0.3 is 0 Å². The van der Waals surface area contributed by atoms with Crippen LogP contribution >= 0.6 is 34.8 Å². The van der Waals surface area contributed by atoms with Crippen LogP contribution in [-0.4, -0.2) is 26.6 Å². The highest BCUT2D eigenvalue weighted by Crippen LogP contribution is 2.30. The van der Waals surface area contributed by atoms with Crippen LogP contribution in [0.25, 0.3) is 0 Å². The molecule has 0 spiro atoms. The first-order valence-corrected chi connectivity index (χ1v) is 10.6. The summed E-state index contributed by atoms with van der Waals surface area (Å²) in [6.45, 7) is 1.72. The predicted molar refractivity (Wildman–Crippen MR) is 108 cm³/mol. The number of amides is 1. The molecule has 140 valence electrons. The molecule has 9 heteroatoms. The number of carbonyl (C=O) groups excluding carboxylic acids is 1. The van der Waals surface area contributed by atoms with Crippen molar-refractivity contribution >= 4 is 62.1 Å². The highest BCUT2D eigenvalue weighted by Gasteiger charge is 2.31. The van der Waals surface area contributed by atoms with Crippen molar-refractivity contribution in [1.82, 2.24) is 0 Å². The van der Waals surface area contributed by atoms with Gasteiger partial charge in [-0.05, 0) is 48.9 Å². The summed E-state index contributed by atoms with van der Waals surface area (Å²) in [4.78, 5) is 12.7. The molecule has 0 aliphatic heterocycles. The van der Waals surface area contributed by atoms with E-state index in [2.05, 4.69) is 5.32 Å². The molecule has 0 bridgehead atoms. The lowest BCUT2D eigenvalue weighted by Gasteiger charge is -2.30. The van der Waals surface area contributed by atoms with Gasteiger partial charge in [-0.2, -0.15) is 0 Å². The Morgan fingerprint density at radius 2 is 1.69 bits per heavy atom. The zero-order valence-electron chi connectivity index (χ0n) is 14.0. The van der Waals surface area contributed by atoms with Crippen LogP contribution in [0.5, 0.6) is 0 Å². The number of halogens is 3. The molecule has 0 saturated carbocycles. The van der Waals surface area contributed by atoms with E-state index >= 15 is 0 Å². The molecule has 5 nitrogen and oxygen atoms in total. The van der Waals surface area contributed by atoms with Crippen molar-refractivity contribution in [1.29, 1.82) is 0 Å². The normalized spacial score (nSPS) is 12.5. The van der Waals surface area contributed by atoms with E-state index in [1.807, 2.05) is 0 Å². The molecule has 2 aromatic rings. The van der Waals surface area contributed by atoms with Crippen LogP contribution in [-0.2, 0) is 14.8 Å². The predicted octanol–water partition coefficient (Wildman–Crippen LogP) is 4.83. The van der Waals surface area contributed by atoms with E-state index in [0.717, 1.165) is 10.6 Å². The van der Waals surface area contributed by atoms with Crippen LogP contribution in [0.1, 0.15) is 13.3 Å². The Bertz CT molecular complexity index is 902. The molecule has 0 unspecified atom stereocenters. The Kier molecular flexibility index (Phi) is 6.80. The lowest BCUT2D eigenvalue weighted by atomic mass is 10.2. The average Bonchev–Trinajstić information content (AvgIpc) is 2.56. The summed E-state index contributed by atoms with van der Waals surface area (Å²) in [5, 5.41) is 3.73. The van der Waals surface area contributed by atoms with E-state index in [1.165, 1.54) is 18.2 Å². The number of anilines is 2. The van der Waals surface area contributed by atoms with E-state index in [4.69, 9.17) is 34.8 Å². The van der Waals surface area contributed by atoms with Crippen molar-refractivity contribution in [3.8, 4) is 0 Å². The fourth-order valence-corrected chi connectivity index (χ4v) is 4.06. The van der Waals surface area contributed by atoms with E-state index in [9.17, 15) is 13.2 Å². The van der Waals surface area contributed by atoms with Gasteiger partial charge in [0.15, 0.2) is 0 Å². The number of carbonyl (C=O) groups is 1. The molecule has 1 atom stereocenters. The standard InChI is InChI=1S/C17H17Cl3N2O3S/c1-3-16(17(23)21-12-6-4-11(18)5-7-12)22(26(2,24)25)13-8-9-14(19)15(20)10-13/h4-10,16H,3H2,1-2H3,(H,21,23)/t16-/m1/s1. The van der Waals surface area contributed by atoms with Crippen molar-refractivity contribution < 1.29 is 13.2 Å². The van der Waals surface area contributed by atoms with E-state index in [1.54, 1.807) is 31.2 Å². The van der Waals surface area contributed by atoms with Gasteiger partial charge < -0.3 is 5.32 Å². The van der Waals surface area contributed by atoms with Crippen LogP contribution in [0.15, 0.2) is 42.5 Å². The average molecular weight is 436 g/mol. The first-order chi connectivity index (χ1) is 12.1.